The van der Waals surface area contributed by atoms with E-state index in [0.29, 0.717) is 17.6 Å². The third-order valence-electron chi connectivity index (χ3n) is 17.5. The Morgan fingerprint density at radius 1 is 0.867 bits per heavy atom. The summed E-state index contributed by atoms with van der Waals surface area (Å²) in [5.74, 6) is -1.66. The van der Waals surface area contributed by atoms with Crippen LogP contribution in [0.4, 0.5) is 0 Å². The summed E-state index contributed by atoms with van der Waals surface area (Å²) in [6, 6.07) is 0. The molecule has 1 spiro atoms. The van der Waals surface area contributed by atoms with E-state index in [1.165, 1.54) is 13.8 Å². The van der Waals surface area contributed by atoms with E-state index in [9.17, 15) is 60.7 Å². The number of carbonyl (C=O) groups is 2. The van der Waals surface area contributed by atoms with Crippen molar-refractivity contribution in [1.82, 2.24) is 0 Å². The van der Waals surface area contributed by atoms with Gasteiger partial charge < -0.3 is 79.5 Å². The second kappa shape index (κ2) is 15.1. The van der Waals surface area contributed by atoms with E-state index in [-0.39, 0.29) is 43.9 Å². The highest BCUT2D eigenvalue weighted by Gasteiger charge is 2.83. The van der Waals surface area contributed by atoms with Crippen LogP contribution in [0.15, 0.2) is 11.1 Å². The normalized spacial score (nSPS) is 53.3. The highest BCUT2D eigenvalue weighted by Crippen LogP contribution is 2.83. The molecule has 5 saturated carbocycles. The molecule has 0 bridgehead atoms. The van der Waals surface area contributed by atoms with Gasteiger partial charge in [0.2, 0.25) is 0 Å². The molecule has 8 aliphatic rings. The number of rotatable bonds is 10. The third-order valence-corrected chi connectivity index (χ3v) is 17.5. The van der Waals surface area contributed by atoms with Crippen LogP contribution in [0.1, 0.15) is 92.4 Å². The van der Waals surface area contributed by atoms with Crippen LogP contribution in [0.25, 0.3) is 0 Å². The first-order valence-electron chi connectivity index (χ1n) is 21.5. The molecule has 3 aliphatic heterocycles. The van der Waals surface area contributed by atoms with Gasteiger partial charge in [0, 0.05) is 24.3 Å². The predicted molar refractivity (Wildman–Crippen MR) is 202 cm³/mol. The fraction of sp³-hybridized carbons (Fsp3) is 0.905. The molecular weight excluding hydrogens is 792 g/mol. The molecule has 0 radical (unpaired) electrons. The first-order chi connectivity index (χ1) is 28.0. The zero-order chi connectivity index (χ0) is 43.7. The molecule has 0 unspecified atom stereocenters. The fourth-order valence-corrected chi connectivity index (χ4v) is 13.7. The van der Waals surface area contributed by atoms with Gasteiger partial charge in [-0.2, -0.15) is 0 Å². The maximum atomic E-state index is 13.4. The molecule has 2 saturated heterocycles. The van der Waals surface area contributed by atoms with E-state index in [1.54, 1.807) is 13.8 Å². The van der Waals surface area contributed by atoms with E-state index in [1.807, 2.05) is 0 Å². The van der Waals surface area contributed by atoms with Crippen molar-refractivity contribution in [3.8, 4) is 0 Å². The Balaban J connectivity index is 1.09. The molecular formula is C42H64O18. The first kappa shape index (κ1) is 44.7. The van der Waals surface area contributed by atoms with Crippen LogP contribution in [-0.2, 0) is 38.0 Å². The molecule has 340 valence electrons. The van der Waals surface area contributed by atoms with E-state index in [4.69, 9.17) is 28.4 Å². The fourth-order valence-electron chi connectivity index (χ4n) is 13.7. The van der Waals surface area contributed by atoms with Gasteiger partial charge in [-0.25, -0.2) is 4.79 Å². The number of aliphatic hydroxyl groups is 10. The Morgan fingerprint density at radius 2 is 1.52 bits per heavy atom. The predicted octanol–water partition coefficient (Wildman–Crippen LogP) is -1.56. The molecule has 0 aromatic carbocycles. The first-order valence-corrected chi connectivity index (χ1v) is 21.5. The topological polar surface area (TPSA) is 292 Å². The lowest BCUT2D eigenvalue weighted by Crippen LogP contribution is -2.75. The van der Waals surface area contributed by atoms with E-state index < -0.39 is 144 Å². The summed E-state index contributed by atoms with van der Waals surface area (Å²) in [5.41, 5.74) is -7.25. The quantitative estimate of drug-likeness (QED) is 0.0878. The van der Waals surface area contributed by atoms with Crippen LogP contribution in [0.2, 0.25) is 0 Å². The van der Waals surface area contributed by atoms with Gasteiger partial charge in [-0.05, 0) is 95.3 Å². The largest absolute Gasteiger partial charge is 0.465 e. The van der Waals surface area contributed by atoms with Gasteiger partial charge in [-0.1, -0.05) is 12.5 Å². The Labute approximate surface area is 348 Å². The summed E-state index contributed by atoms with van der Waals surface area (Å²) in [7, 11) is 0. The molecule has 8 rings (SSSR count). The number of esters is 2. The van der Waals surface area contributed by atoms with Crippen LogP contribution in [-0.4, -0.2) is 173 Å². The number of ether oxygens (including phenoxy) is 6. The van der Waals surface area contributed by atoms with Gasteiger partial charge in [0.25, 0.3) is 0 Å². The van der Waals surface area contributed by atoms with Crippen molar-refractivity contribution in [3.05, 3.63) is 11.1 Å². The Bertz CT molecular complexity index is 1720. The number of hydrogen-bond donors (Lipinski definition) is 10. The molecule has 60 heavy (non-hydrogen) atoms. The number of cyclic esters (lactones) is 1. The highest BCUT2D eigenvalue weighted by molar-refractivity contribution is 5.89. The van der Waals surface area contributed by atoms with Gasteiger partial charge in [-0.15, -0.1) is 0 Å². The van der Waals surface area contributed by atoms with E-state index in [2.05, 4.69) is 6.92 Å². The molecule has 18 nitrogen and oxygen atoms in total. The average Bonchev–Trinajstić information content (AvgIpc) is 3.79. The van der Waals surface area contributed by atoms with Crippen molar-refractivity contribution in [1.29, 1.82) is 0 Å². The molecule has 0 aromatic rings. The van der Waals surface area contributed by atoms with Gasteiger partial charge in [0.1, 0.15) is 72.7 Å². The van der Waals surface area contributed by atoms with E-state index >= 15 is 0 Å². The lowest BCUT2D eigenvalue weighted by Gasteiger charge is -2.66. The van der Waals surface area contributed by atoms with Crippen LogP contribution >= 0.6 is 0 Å². The number of hydrogen-bond acceptors (Lipinski definition) is 18. The van der Waals surface area contributed by atoms with Gasteiger partial charge >= 0.3 is 11.9 Å². The van der Waals surface area contributed by atoms with Crippen molar-refractivity contribution in [2.24, 2.45) is 34.0 Å². The lowest BCUT2D eigenvalue weighted by atomic mass is 9.42. The summed E-state index contributed by atoms with van der Waals surface area (Å²) in [6.07, 6.45) is -14.3. The zero-order valence-electron chi connectivity index (χ0n) is 34.9. The molecule has 7 fully saturated rings. The Kier molecular flexibility index (Phi) is 11.3. The van der Waals surface area contributed by atoms with Crippen molar-refractivity contribution in [2.75, 3.05) is 19.8 Å². The molecule has 10 N–H and O–H groups in total. The van der Waals surface area contributed by atoms with Gasteiger partial charge in [0.05, 0.1) is 30.3 Å². The molecule has 18 heteroatoms. The maximum Gasteiger partial charge on any atom is 0.334 e. The third kappa shape index (κ3) is 6.10. The highest BCUT2D eigenvalue weighted by atomic mass is 16.7. The summed E-state index contributed by atoms with van der Waals surface area (Å²) in [6.45, 7) is 6.61. The molecule has 21 atom stereocenters. The number of carbonyl (C=O) groups excluding carboxylic acids is 2. The van der Waals surface area contributed by atoms with Gasteiger partial charge in [-0.3, -0.25) is 4.79 Å². The molecule has 3 heterocycles. The Hall–Kier alpha value is -1.88. The summed E-state index contributed by atoms with van der Waals surface area (Å²) in [4.78, 5) is 25.4. The van der Waals surface area contributed by atoms with Gasteiger partial charge in [0.15, 0.2) is 12.6 Å². The maximum absolute atomic E-state index is 13.4. The zero-order valence-corrected chi connectivity index (χ0v) is 34.9. The molecule has 0 aromatic heterocycles. The monoisotopic (exact) mass is 856 g/mol. The van der Waals surface area contributed by atoms with Crippen LogP contribution in [0, 0.1) is 34.0 Å². The number of aliphatic hydroxyl groups excluding tert-OH is 7. The molecule has 0 amide bonds. The smallest absolute Gasteiger partial charge is 0.334 e. The Morgan fingerprint density at radius 3 is 2.15 bits per heavy atom. The van der Waals surface area contributed by atoms with Crippen molar-refractivity contribution >= 4 is 11.9 Å². The standard InChI is InChI=1S/C42H64O18/c1-18-12-26(59-34(51)19(18)2)38(5,52)42(54)11-10-41(53)23-13-27(40-14-21(40)6-8-37(40,4)22(23)7-9-39(41,42)17-56-20(3)44)60-36-33(50)31(48)29(46)25(58-36)16-55-35-32(49)30(47)28(45)24(15-43)57-35/h21-33,35-36,43,45-50,52-54H,6-17H2,1-5H3/t21-,22+,23-,24-,25-,26-,27-,28-,29-,30+,31+,32-,33-,35-,36+,37-,38+,39-,40+,41-,42-/m1/s1. The second-order valence-electron chi connectivity index (χ2n) is 19.9. The average molecular weight is 857 g/mol. The summed E-state index contributed by atoms with van der Waals surface area (Å²) >= 11 is 0. The van der Waals surface area contributed by atoms with Crippen molar-refractivity contribution < 1.29 is 89.1 Å². The summed E-state index contributed by atoms with van der Waals surface area (Å²) in [5, 5.41) is 113. The lowest BCUT2D eigenvalue weighted by molar-refractivity contribution is -0.349. The minimum absolute atomic E-state index is 0.0145. The van der Waals surface area contributed by atoms with Crippen LogP contribution in [0.3, 0.4) is 0 Å². The van der Waals surface area contributed by atoms with Crippen molar-refractivity contribution in [3.63, 3.8) is 0 Å². The van der Waals surface area contributed by atoms with Crippen LogP contribution < -0.4 is 0 Å². The van der Waals surface area contributed by atoms with E-state index in [0.717, 1.165) is 19.3 Å². The minimum Gasteiger partial charge on any atom is -0.465 e. The van der Waals surface area contributed by atoms with Crippen molar-refractivity contribution in [2.45, 2.75) is 183 Å². The minimum atomic E-state index is -2.10. The molecule has 5 aliphatic carbocycles. The number of fused-ring (bicyclic) bond motifs is 4. The summed E-state index contributed by atoms with van der Waals surface area (Å²) < 4.78 is 35.4. The van der Waals surface area contributed by atoms with Crippen LogP contribution in [0.5, 0.6) is 0 Å². The SMILES string of the molecule is CC(=O)OC[C@]12CC[C@H]3[C@@H](C[C@@H](O[C@@H]4O[C@H](CO[C@@H]5O[C@H](CO)[C@@H](O)[C@H](O)[C@H]5O)[C@@H](O)[C@H](O)[C@H]4O)[C@]45C[C@H]4CC[C@]35C)[C@]1(O)CC[C@@]2(O)[C@@](C)(O)[C@H]1CC(C)=C(C)C(=O)O1. The second-order valence-corrected chi connectivity index (χ2v) is 19.9.